The lowest BCUT2D eigenvalue weighted by molar-refractivity contribution is -0.139. The first-order valence-corrected chi connectivity index (χ1v) is 6.15. The van der Waals surface area contributed by atoms with Gasteiger partial charge in [0.25, 0.3) is 0 Å². The normalized spacial score (nSPS) is 41.7. The van der Waals surface area contributed by atoms with E-state index >= 15 is 0 Å². The van der Waals surface area contributed by atoms with E-state index in [2.05, 4.69) is 12.2 Å². The van der Waals surface area contributed by atoms with Crippen molar-refractivity contribution in [2.75, 3.05) is 0 Å². The molecule has 2 fully saturated rings. The van der Waals surface area contributed by atoms with Gasteiger partial charge in [0.1, 0.15) is 6.04 Å². The van der Waals surface area contributed by atoms with Crippen LogP contribution in [0.15, 0.2) is 0 Å². The molecule has 2 aliphatic rings. The van der Waals surface area contributed by atoms with Crippen LogP contribution in [0, 0.1) is 11.8 Å². The largest absolute Gasteiger partial charge is 0.480 e. The van der Waals surface area contributed by atoms with Crippen LogP contribution in [0.25, 0.3) is 0 Å². The first-order chi connectivity index (χ1) is 7.16. The SMILES string of the molecule is CC1CCCC(C2CCC(C(=O)O)N2)C1. The number of aliphatic carboxylic acids is 1. The average Bonchev–Trinajstić information content (AvgIpc) is 2.66. The molecule has 4 unspecified atom stereocenters. The highest BCUT2D eigenvalue weighted by Gasteiger charge is 2.34. The molecule has 0 aromatic carbocycles. The first-order valence-electron chi connectivity index (χ1n) is 6.15. The average molecular weight is 211 g/mol. The van der Waals surface area contributed by atoms with E-state index in [1.54, 1.807) is 0 Å². The third-order valence-corrected chi connectivity index (χ3v) is 4.03. The fourth-order valence-electron chi connectivity index (χ4n) is 3.18. The Morgan fingerprint density at radius 3 is 2.67 bits per heavy atom. The molecule has 4 atom stereocenters. The number of carboxylic acid groups (broad SMARTS) is 1. The molecular weight excluding hydrogens is 190 g/mol. The Morgan fingerprint density at radius 2 is 2.07 bits per heavy atom. The van der Waals surface area contributed by atoms with Crippen molar-refractivity contribution in [1.82, 2.24) is 5.32 Å². The molecule has 1 heterocycles. The minimum atomic E-state index is -0.679. The molecule has 1 saturated heterocycles. The van der Waals surface area contributed by atoms with Crippen molar-refractivity contribution in [3.63, 3.8) is 0 Å². The molecule has 15 heavy (non-hydrogen) atoms. The minimum Gasteiger partial charge on any atom is -0.480 e. The van der Waals surface area contributed by atoms with Gasteiger partial charge in [0.05, 0.1) is 0 Å². The molecule has 3 nitrogen and oxygen atoms in total. The molecule has 86 valence electrons. The van der Waals surface area contributed by atoms with Crippen molar-refractivity contribution in [1.29, 1.82) is 0 Å². The summed E-state index contributed by atoms with van der Waals surface area (Å²) in [5.74, 6) is 0.869. The van der Waals surface area contributed by atoms with Gasteiger partial charge in [-0.15, -0.1) is 0 Å². The van der Waals surface area contributed by atoms with E-state index in [-0.39, 0.29) is 6.04 Å². The van der Waals surface area contributed by atoms with Crippen LogP contribution in [0.4, 0.5) is 0 Å². The summed E-state index contributed by atoms with van der Waals surface area (Å²) in [6, 6.07) is 0.182. The van der Waals surface area contributed by atoms with Crippen LogP contribution >= 0.6 is 0 Å². The van der Waals surface area contributed by atoms with Gasteiger partial charge in [0, 0.05) is 6.04 Å². The molecule has 0 bridgehead atoms. The Balaban J connectivity index is 1.87. The Morgan fingerprint density at radius 1 is 1.27 bits per heavy atom. The molecule has 0 amide bonds. The van der Waals surface area contributed by atoms with Crippen molar-refractivity contribution >= 4 is 5.97 Å². The third kappa shape index (κ3) is 2.51. The van der Waals surface area contributed by atoms with Crippen molar-refractivity contribution < 1.29 is 9.90 Å². The smallest absolute Gasteiger partial charge is 0.320 e. The van der Waals surface area contributed by atoms with Crippen LogP contribution in [0.1, 0.15) is 45.4 Å². The summed E-state index contributed by atoms with van der Waals surface area (Å²) in [5, 5.41) is 12.2. The topological polar surface area (TPSA) is 49.3 Å². The Kier molecular flexibility index (Phi) is 3.29. The molecule has 0 radical (unpaired) electrons. The zero-order valence-corrected chi connectivity index (χ0v) is 9.41. The summed E-state index contributed by atoms with van der Waals surface area (Å²) in [7, 11) is 0. The van der Waals surface area contributed by atoms with E-state index in [0.29, 0.717) is 6.04 Å². The third-order valence-electron chi connectivity index (χ3n) is 4.03. The van der Waals surface area contributed by atoms with Crippen LogP contribution in [0.3, 0.4) is 0 Å². The molecule has 0 aromatic heterocycles. The molecule has 1 aliphatic carbocycles. The van der Waals surface area contributed by atoms with E-state index in [9.17, 15) is 4.79 Å². The summed E-state index contributed by atoms with van der Waals surface area (Å²) in [6.45, 7) is 2.32. The second kappa shape index (κ2) is 4.52. The number of hydrogen-bond acceptors (Lipinski definition) is 2. The first kappa shape index (κ1) is 10.9. The van der Waals surface area contributed by atoms with Gasteiger partial charge in [-0.3, -0.25) is 4.79 Å². The van der Waals surface area contributed by atoms with Gasteiger partial charge in [-0.2, -0.15) is 0 Å². The van der Waals surface area contributed by atoms with E-state index in [4.69, 9.17) is 5.11 Å². The molecule has 1 aliphatic heterocycles. The van der Waals surface area contributed by atoms with Gasteiger partial charge in [-0.25, -0.2) is 0 Å². The van der Waals surface area contributed by atoms with Crippen LogP contribution in [-0.4, -0.2) is 23.2 Å². The predicted molar refractivity (Wildman–Crippen MR) is 58.7 cm³/mol. The standard InChI is InChI=1S/C12H21NO2/c1-8-3-2-4-9(7-8)10-5-6-11(13-10)12(14)15/h8-11,13H,2-7H2,1H3,(H,14,15). The quantitative estimate of drug-likeness (QED) is 0.734. The summed E-state index contributed by atoms with van der Waals surface area (Å²) < 4.78 is 0. The van der Waals surface area contributed by atoms with Gasteiger partial charge < -0.3 is 10.4 Å². The maximum atomic E-state index is 10.8. The zero-order valence-electron chi connectivity index (χ0n) is 9.41. The highest BCUT2D eigenvalue weighted by molar-refractivity contribution is 5.73. The van der Waals surface area contributed by atoms with Crippen molar-refractivity contribution in [3.8, 4) is 0 Å². The maximum Gasteiger partial charge on any atom is 0.320 e. The Bertz CT molecular complexity index is 242. The van der Waals surface area contributed by atoms with E-state index in [1.165, 1.54) is 25.7 Å². The van der Waals surface area contributed by atoms with E-state index in [1.807, 2.05) is 0 Å². The number of carbonyl (C=O) groups is 1. The van der Waals surface area contributed by atoms with E-state index < -0.39 is 5.97 Å². The van der Waals surface area contributed by atoms with Crippen LogP contribution in [0.2, 0.25) is 0 Å². The second-order valence-corrected chi connectivity index (χ2v) is 5.27. The van der Waals surface area contributed by atoms with Crippen LogP contribution < -0.4 is 5.32 Å². The second-order valence-electron chi connectivity index (χ2n) is 5.27. The monoisotopic (exact) mass is 211 g/mol. The zero-order chi connectivity index (χ0) is 10.8. The summed E-state index contributed by atoms with van der Waals surface area (Å²) >= 11 is 0. The molecule has 2 N–H and O–H groups in total. The van der Waals surface area contributed by atoms with Gasteiger partial charge >= 0.3 is 5.97 Å². The predicted octanol–water partition coefficient (Wildman–Crippen LogP) is 2.02. The highest BCUT2D eigenvalue weighted by Crippen LogP contribution is 2.34. The minimum absolute atomic E-state index is 0.285. The Hall–Kier alpha value is -0.570. The van der Waals surface area contributed by atoms with Crippen molar-refractivity contribution in [2.45, 2.75) is 57.5 Å². The van der Waals surface area contributed by atoms with Crippen molar-refractivity contribution in [3.05, 3.63) is 0 Å². The number of hydrogen-bond donors (Lipinski definition) is 2. The number of carboxylic acids is 1. The molecule has 0 aromatic rings. The lowest BCUT2D eigenvalue weighted by Gasteiger charge is -2.31. The summed E-state index contributed by atoms with van der Waals surface area (Å²) in [4.78, 5) is 10.8. The lowest BCUT2D eigenvalue weighted by atomic mass is 9.78. The molecule has 0 spiro atoms. The molecule has 2 rings (SSSR count). The van der Waals surface area contributed by atoms with Gasteiger partial charge in [-0.1, -0.05) is 19.8 Å². The lowest BCUT2D eigenvalue weighted by Crippen LogP contribution is -2.40. The van der Waals surface area contributed by atoms with Gasteiger partial charge in [-0.05, 0) is 37.5 Å². The molecule has 3 heteroatoms. The highest BCUT2D eigenvalue weighted by atomic mass is 16.4. The van der Waals surface area contributed by atoms with Gasteiger partial charge in [0.15, 0.2) is 0 Å². The Labute approximate surface area is 91.2 Å². The van der Waals surface area contributed by atoms with Gasteiger partial charge in [0.2, 0.25) is 0 Å². The molecule has 1 saturated carbocycles. The van der Waals surface area contributed by atoms with Crippen molar-refractivity contribution in [2.24, 2.45) is 11.8 Å². The summed E-state index contributed by atoms with van der Waals surface area (Å²) in [6.07, 6.45) is 7.10. The fourth-order valence-corrected chi connectivity index (χ4v) is 3.18. The molecular formula is C12H21NO2. The maximum absolute atomic E-state index is 10.8. The van der Waals surface area contributed by atoms with Crippen LogP contribution in [-0.2, 0) is 4.79 Å². The van der Waals surface area contributed by atoms with E-state index in [0.717, 1.165) is 24.7 Å². The fraction of sp³-hybridized carbons (Fsp3) is 0.917. The number of nitrogens with one attached hydrogen (secondary N) is 1. The summed E-state index contributed by atoms with van der Waals surface area (Å²) in [5.41, 5.74) is 0. The van der Waals surface area contributed by atoms with Crippen LogP contribution in [0.5, 0.6) is 0 Å². The number of rotatable bonds is 2.